The summed E-state index contributed by atoms with van der Waals surface area (Å²) in [7, 11) is 0. The van der Waals surface area contributed by atoms with Gasteiger partial charge >= 0.3 is 5.97 Å². The summed E-state index contributed by atoms with van der Waals surface area (Å²) in [6.07, 6.45) is 4.32. The maximum absolute atomic E-state index is 12.0. The predicted octanol–water partition coefficient (Wildman–Crippen LogP) is 1.45. The van der Waals surface area contributed by atoms with Gasteiger partial charge in [0.05, 0.1) is 0 Å². The van der Waals surface area contributed by atoms with Crippen molar-refractivity contribution in [2.45, 2.75) is 31.6 Å². The van der Waals surface area contributed by atoms with Crippen LogP contribution in [0.25, 0.3) is 0 Å². The van der Waals surface area contributed by atoms with Crippen LogP contribution in [0.5, 0.6) is 0 Å². The molecule has 2 rings (SSSR count). The van der Waals surface area contributed by atoms with Crippen LogP contribution in [0.4, 0.5) is 5.69 Å². The quantitative estimate of drug-likeness (QED) is 0.714. The van der Waals surface area contributed by atoms with Crippen LogP contribution in [-0.4, -0.2) is 39.0 Å². The van der Waals surface area contributed by atoms with Crippen molar-refractivity contribution in [3.8, 4) is 0 Å². The number of aliphatic hydroxyl groups is 2. The van der Waals surface area contributed by atoms with Gasteiger partial charge in [-0.25, -0.2) is 4.79 Å². The Balaban J connectivity index is 2.27. The molecule has 0 spiro atoms. The van der Waals surface area contributed by atoms with Gasteiger partial charge in [-0.05, 0) is 23.8 Å². The molecule has 1 aliphatic rings. The van der Waals surface area contributed by atoms with E-state index in [2.05, 4.69) is 0 Å². The fourth-order valence-electron chi connectivity index (χ4n) is 2.49. The number of amides is 1. The maximum atomic E-state index is 12.0. The summed E-state index contributed by atoms with van der Waals surface area (Å²) in [5.74, 6) is -3.40. The molecular weight excluding hydrogens is 298 g/mol. The van der Waals surface area contributed by atoms with Crippen molar-refractivity contribution in [1.29, 1.82) is 0 Å². The van der Waals surface area contributed by atoms with Gasteiger partial charge in [-0.2, -0.15) is 0 Å². The summed E-state index contributed by atoms with van der Waals surface area (Å²) < 4.78 is 0. The van der Waals surface area contributed by atoms with Crippen molar-refractivity contribution >= 4 is 17.6 Å². The second-order valence-electron chi connectivity index (χ2n) is 5.48. The number of benzene rings is 1. The number of carbonyl (C=O) groups is 2. The van der Waals surface area contributed by atoms with Crippen molar-refractivity contribution in [3.63, 3.8) is 0 Å². The lowest BCUT2D eigenvalue weighted by molar-refractivity contribution is -0.140. The van der Waals surface area contributed by atoms with E-state index in [4.69, 9.17) is 0 Å². The molecule has 23 heavy (non-hydrogen) atoms. The van der Waals surface area contributed by atoms with Gasteiger partial charge in [0.2, 0.25) is 5.91 Å². The van der Waals surface area contributed by atoms with Crippen molar-refractivity contribution in [2.24, 2.45) is 0 Å². The molecule has 0 aliphatic heterocycles. The zero-order valence-electron chi connectivity index (χ0n) is 12.7. The van der Waals surface area contributed by atoms with Gasteiger partial charge in [0.1, 0.15) is 6.04 Å². The van der Waals surface area contributed by atoms with Crippen molar-refractivity contribution in [2.75, 3.05) is 4.90 Å². The molecule has 1 atom stereocenters. The van der Waals surface area contributed by atoms with Crippen LogP contribution in [-0.2, 0) is 9.59 Å². The van der Waals surface area contributed by atoms with E-state index in [0.29, 0.717) is 11.3 Å². The number of rotatable bonds is 5. The Bertz CT molecular complexity index is 648. The number of carboxylic acid groups (broad SMARTS) is 1. The highest BCUT2D eigenvalue weighted by molar-refractivity contribution is 5.98. The van der Waals surface area contributed by atoms with E-state index < -0.39 is 17.8 Å². The Morgan fingerprint density at radius 1 is 1.26 bits per heavy atom. The van der Waals surface area contributed by atoms with Gasteiger partial charge in [0.25, 0.3) is 0 Å². The van der Waals surface area contributed by atoms with Crippen LogP contribution in [0.1, 0.15) is 19.8 Å². The molecule has 3 N–H and O–H groups in total. The zero-order chi connectivity index (χ0) is 17.0. The van der Waals surface area contributed by atoms with Crippen molar-refractivity contribution in [3.05, 3.63) is 54.1 Å². The lowest BCUT2D eigenvalue weighted by atomic mass is 9.96. The van der Waals surface area contributed by atoms with E-state index >= 15 is 0 Å². The molecular formula is C17H19NO5. The van der Waals surface area contributed by atoms with Gasteiger partial charge in [-0.3, -0.25) is 9.69 Å². The first-order valence-electron chi connectivity index (χ1n) is 7.21. The van der Waals surface area contributed by atoms with Gasteiger partial charge in [0.15, 0.2) is 5.79 Å². The summed E-state index contributed by atoms with van der Waals surface area (Å²) in [5.41, 5.74) is 1.14. The third-order valence-corrected chi connectivity index (χ3v) is 3.63. The van der Waals surface area contributed by atoms with Crippen LogP contribution in [0.2, 0.25) is 0 Å². The molecule has 0 fully saturated rings. The molecule has 0 saturated carbocycles. The first-order chi connectivity index (χ1) is 10.8. The normalized spacial score (nSPS) is 17.3. The average molecular weight is 317 g/mol. The lowest BCUT2D eigenvalue weighted by Gasteiger charge is -2.29. The first-order valence-corrected chi connectivity index (χ1v) is 7.21. The number of allylic oxidation sites excluding steroid dienone is 1. The summed E-state index contributed by atoms with van der Waals surface area (Å²) >= 11 is 0. The number of carboxylic acids is 1. The molecule has 0 aromatic heterocycles. The summed E-state index contributed by atoms with van der Waals surface area (Å²) in [6, 6.07) is 7.53. The number of aliphatic carboxylic acids is 1. The molecule has 0 radical (unpaired) electrons. The molecule has 1 amide bonds. The lowest BCUT2D eigenvalue weighted by Crippen LogP contribution is -2.44. The molecule has 6 heteroatoms. The number of nitrogens with zero attached hydrogens (tertiary/aromatic N) is 1. The van der Waals surface area contributed by atoms with E-state index in [9.17, 15) is 24.9 Å². The smallest absolute Gasteiger partial charge is 0.327 e. The van der Waals surface area contributed by atoms with Crippen LogP contribution in [0.15, 0.2) is 54.1 Å². The largest absolute Gasteiger partial charge is 0.480 e. The van der Waals surface area contributed by atoms with E-state index in [1.54, 1.807) is 36.4 Å². The van der Waals surface area contributed by atoms with Crippen LogP contribution in [0.3, 0.4) is 0 Å². The van der Waals surface area contributed by atoms with Gasteiger partial charge in [-0.1, -0.05) is 30.4 Å². The SMILES string of the molecule is CC(=O)N(c1ccccc1)[C@@H](CC1=CCC(O)(O)C=C1)C(=O)O. The minimum atomic E-state index is -1.90. The number of hydrogen-bond acceptors (Lipinski definition) is 4. The highest BCUT2D eigenvalue weighted by Gasteiger charge is 2.31. The number of hydrogen-bond donors (Lipinski definition) is 3. The van der Waals surface area contributed by atoms with E-state index in [1.165, 1.54) is 24.0 Å². The number of para-hydroxylation sites is 1. The second-order valence-corrected chi connectivity index (χ2v) is 5.48. The summed E-state index contributed by atoms with van der Waals surface area (Å²) in [4.78, 5) is 24.9. The Morgan fingerprint density at radius 2 is 1.91 bits per heavy atom. The third-order valence-electron chi connectivity index (χ3n) is 3.63. The first kappa shape index (κ1) is 16.9. The van der Waals surface area contributed by atoms with E-state index in [0.717, 1.165) is 0 Å². The zero-order valence-corrected chi connectivity index (χ0v) is 12.7. The fourth-order valence-corrected chi connectivity index (χ4v) is 2.49. The van der Waals surface area contributed by atoms with Gasteiger partial charge < -0.3 is 15.3 Å². The molecule has 1 aromatic carbocycles. The minimum Gasteiger partial charge on any atom is -0.480 e. The average Bonchev–Trinajstić information content (AvgIpc) is 2.49. The minimum absolute atomic E-state index is 0.0173. The van der Waals surface area contributed by atoms with Crippen LogP contribution < -0.4 is 4.90 Å². The molecule has 0 unspecified atom stereocenters. The molecule has 122 valence electrons. The number of carbonyl (C=O) groups excluding carboxylic acids is 1. The number of anilines is 1. The van der Waals surface area contributed by atoms with Crippen molar-refractivity contribution < 1.29 is 24.9 Å². The Hall–Kier alpha value is -2.44. The van der Waals surface area contributed by atoms with E-state index in [-0.39, 0.29) is 18.7 Å². The van der Waals surface area contributed by atoms with Gasteiger partial charge in [0, 0.05) is 25.5 Å². The topological polar surface area (TPSA) is 98.1 Å². The Kier molecular flexibility index (Phi) is 4.98. The molecule has 0 saturated heterocycles. The predicted molar refractivity (Wildman–Crippen MR) is 84.7 cm³/mol. The maximum Gasteiger partial charge on any atom is 0.327 e. The van der Waals surface area contributed by atoms with Gasteiger partial charge in [-0.15, -0.1) is 0 Å². The Morgan fingerprint density at radius 3 is 2.39 bits per heavy atom. The fraction of sp³-hybridized carbons (Fsp3) is 0.294. The van der Waals surface area contributed by atoms with Crippen LogP contribution >= 0.6 is 0 Å². The molecule has 6 nitrogen and oxygen atoms in total. The van der Waals surface area contributed by atoms with Crippen LogP contribution in [0, 0.1) is 0 Å². The molecule has 0 heterocycles. The molecule has 1 aromatic rings. The standard InChI is InChI=1S/C17H19NO5/c1-12(19)18(14-5-3-2-4-6-14)15(16(20)21)11-13-7-9-17(22,23)10-8-13/h2-9,15,22-23H,10-11H2,1H3,(H,20,21)/t15-/m0/s1. The summed E-state index contributed by atoms with van der Waals surface area (Å²) in [6.45, 7) is 1.32. The second kappa shape index (κ2) is 6.76. The highest BCUT2D eigenvalue weighted by Crippen LogP contribution is 2.25. The van der Waals surface area contributed by atoms with Crippen molar-refractivity contribution in [1.82, 2.24) is 0 Å². The third kappa shape index (κ3) is 4.28. The molecule has 1 aliphatic carbocycles. The summed E-state index contributed by atoms with van der Waals surface area (Å²) in [5, 5.41) is 28.5. The highest BCUT2D eigenvalue weighted by atomic mass is 16.5. The van der Waals surface area contributed by atoms with E-state index in [1.807, 2.05) is 0 Å². The Labute approximate surface area is 134 Å². The molecule has 0 bridgehead atoms. The monoisotopic (exact) mass is 317 g/mol.